The molecule has 0 N–H and O–H groups in total. The second-order valence-corrected chi connectivity index (χ2v) is 6.29. The predicted molar refractivity (Wildman–Crippen MR) is 85.8 cm³/mol. The lowest BCUT2D eigenvalue weighted by Crippen LogP contribution is -2.17. The minimum Gasteiger partial charge on any atom is -0.441 e. The Bertz CT molecular complexity index is 809. The zero-order chi connectivity index (χ0) is 15.1. The molecule has 0 aliphatic carbocycles. The molecule has 6 heteroatoms. The molecule has 0 amide bonds. The predicted octanol–water partition coefficient (Wildman–Crippen LogP) is 3.30. The number of aromatic nitrogens is 3. The first-order chi connectivity index (χ1) is 10.7. The Balaban J connectivity index is 1.79. The average Bonchev–Trinajstić information content (AvgIpc) is 3.20. The molecule has 4 heterocycles. The van der Waals surface area contributed by atoms with E-state index in [1.807, 2.05) is 18.2 Å². The van der Waals surface area contributed by atoms with Crippen molar-refractivity contribution in [2.24, 2.45) is 5.92 Å². The largest absolute Gasteiger partial charge is 0.441 e. The SMILES string of the molecule is CN1CCC(Cn2c(-c3ccc(Cl)o3)nc3cccnc32)C1. The van der Waals surface area contributed by atoms with Gasteiger partial charge < -0.3 is 13.9 Å². The maximum absolute atomic E-state index is 5.92. The van der Waals surface area contributed by atoms with Crippen LogP contribution < -0.4 is 0 Å². The number of likely N-dealkylation sites (tertiary alicyclic amines) is 1. The minimum atomic E-state index is 0.377. The number of imidazole rings is 1. The van der Waals surface area contributed by atoms with Crippen molar-refractivity contribution in [1.29, 1.82) is 0 Å². The molecular formula is C16H17ClN4O. The second kappa shape index (κ2) is 5.41. The Kier molecular flexibility index (Phi) is 3.39. The van der Waals surface area contributed by atoms with E-state index in [9.17, 15) is 0 Å². The molecule has 1 unspecified atom stereocenters. The number of hydrogen-bond donors (Lipinski definition) is 0. The maximum atomic E-state index is 5.92. The van der Waals surface area contributed by atoms with Gasteiger partial charge in [0.25, 0.3) is 0 Å². The molecule has 22 heavy (non-hydrogen) atoms. The molecule has 4 rings (SSSR count). The Labute approximate surface area is 133 Å². The number of fused-ring (bicyclic) bond motifs is 1. The molecule has 3 aromatic heterocycles. The van der Waals surface area contributed by atoms with Crippen LogP contribution in [0.15, 0.2) is 34.9 Å². The molecule has 5 nitrogen and oxygen atoms in total. The van der Waals surface area contributed by atoms with E-state index in [-0.39, 0.29) is 0 Å². The van der Waals surface area contributed by atoms with E-state index in [1.54, 1.807) is 12.3 Å². The van der Waals surface area contributed by atoms with Gasteiger partial charge in [-0.1, -0.05) is 0 Å². The molecule has 1 aliphatic heterocycles. The van der Waals surface area contributed by atoms with Crippen molar-refractivity contribution in [3.8, 4) is 11.6 Å². The molecule has 114 valence electrons. The normalized spacial score (nSPS) is 19.3. The van der Waals surface area contributed by atoms with Gasteiger partial charge in [-0.05, 0) is 61.8 Å². The van der Waals surface area contributed by atoms with Crippen LogP contribution in [0.5, 0.6) is 0 Å². The molecule has 0 aromatic carbocycles. The number of rotatable bonds is 3. The number of pyridine rings is 1. The average molecular weight is 317 g/mol. The van der Waals surface area contributed by atoms with Gasteiger partial charge in [0.2, 0.25) is 0 Å². The number of halogens is 1. The van der Waals surface area contributed by atoms with Crippen LogP contribution in [0.25, 0.3) is 22.7 Å². The van der Waals surface area contributed by atoms with Crippen LogP contribution >= 0.6 is 11.6 Å². The molecule has 1 fully saturated rings. The zero-order valence-corrected chi connectivity index (χ0v) is 13.1. The van der Waals surface area contributed by atoms with E-state index in [2.05, 4.69) is 21.5 Å². The van der Waals surface area contributed by atoms with Gasteiger partial charge >= 0.3 is 0 Å². The summed E-state index contributed by atoms with van der Waals surface area (Å²) >= 11 is 5.92. The highest BCUT2D eigenvalue weighted by atomic mass is 35.5. The van der Waals surface area contributed by atoms with Gasteiger partial charge in [0.15, 0.2) is 22.5 Å². The molecule has 3 aromatic rings. The van der Waals surface area contributed by atoms with Crippen LogP contribution in [0.3, 0.4) is 0 Å². The summed E-state index contributed by atoms with van der Waals surface area (Å²) in [6.45, 7) is 3.14. The van der Waals surface area contributed by atoms with Crippen molar-refractivity contribution in [2.75, 3.05) is 20.1 Å². The number of hydrogen-bond acceptors (Lipinski definition) is 4. The van der Waals surface area contributed by atoms with Crippen molar-refractivity contribution in [2.45, 2.75) is 13.0 Å². The Morgan fingerprint density at radius 1 is 1.36 bits per heavy atom. The summed E-state index contributed by atoms with van der Waals surface area (Å²) in [5.41, 5.74) is 1.79. The van der Waals surface area contributed by atoms with Gasteiger partial charge in [-0.3, -0.25) is 0 Å². The monoisotopic (exact) mass is 316 g/mol. The van der Waals surface area contributed by atoms with E-state index in [0.717, 1.165) is 36.6 Å². The standard InChI is InChI=1S/C16H17ClN4O/c1-20-8-6-11(9-20)10-21-15-12(3-2-7-18-15)19-16(21)13-4-5-14(17)22-13/h2-5,7,11H,6,8-10H2,1H3. The molecule has 0 saturated carbocycles. The smallest absolute Gasteiger partial charge is 0.194 e. The van der Waals surface area contributed by atoms with Crippen LogP contribution in [0, 0.1) is 5.92 Å². The summed E-state index contributed by atoms with van der Waals surface area (Å²) in [5, 5.41) is 0.377. The first-order valence-electron chi connectivity index (χ1n) is 7.46. The highest BCUT2D eigenvalue weighted by Gasteiger charge is 2.24. The van der Waals surface area contributed by atoms with Crippen molar-refractivity contribution in [1.82, 2.24) is 19.4 Å². The topological polar surface area (TPSA) is 47.1 Å². The third kappa shape index (κ3) is 2.40. The van der Waals surface area contributed by atoms with E-state index in [0.29, 0.717) is 16.9 Å². The molecule has 0 spiro atoms. The van der Waals surface area contributed by atoms with E-state index < -0.39 is 0 Å². The minimum absolute atomic E-state index is 0.377. The van der Waals surface area contributed by atoms with Crippen molar-refractivity contribution in [3.63, 3.8) is 0 Å². The van der Waals surface area contributed by atoms with Crippen molar-refractivity contribution < 1.29 is 4.42 Å². The highest BCUT2D eigenvalue weighted by molar-refractivity contribution is 6.28. The van der Waals surface area contributed by atoms with Gasteiger partial charge in [-0.25, -0.2) is 9.97 Å². The highest BCUT2D eigenvalue weighted by Crippen LogP contribution is 2.29. The third-order valence-electron chi connectivity index (χ3n) is 4.23. The fourth-order valence-corrected chi connectivity index (χ4v) is 3.33. The quantitative estimate of drug-likeness (QED) is 0.744. The number of furan rings is 1. The Morgan fingerprint density at radius 2 is 2.27 bits per heavy atom. The van der Waals surface area contributed by atoms with Crippen LogP contribution in [-0.2, 0) is 6.54 Å². The van der Waals surface area contributed by atoms with Crippen LogP contribution in [0.4, 0.5) is 0 Å². The maximum Gasteiger partial charge on any atom is 0.194 e. The Hall–Kier alpha value is -1.85. The molecule has 1 atom stereocenters. The fraction of sp³-hybridized carbons (Fsp3) is 0.375. The summed E-state index contributed by atoms with van der Waals surface area (Å²) in [4.78, 5) is 11.6. The van der Waals surface area contributed by atoms with E-state index >= 15 is 0 Å². The molecule has 1 aliphatic rings. The lowest BCUT2D eigenvalue weighted by Gasteiger charge is -2.13. The summed E-state index contributed by atoms with van der Waals surface area (Å²) in [5.74, 6) is 2.10. The van der Waals surface area contributed by atoms with E-state index in [1.165, 1.54) is 6.42 Å². The third-order valence-corrected chi connectivity index (χ3v) is 4.43. The molecule has 0 bridgehead atoms. The van der Waals surface area contributed by atoms with Gasteiger partial charge in [0, 0.05) is 19.3 Å². The van der Waals surface area contributed by atoms with Crippen LogP contribution in [-0.4, -0.2) is 39.6 Å². The van der Waals surface area contributed by atoms with Gasteiger partial charge in [-0.15, -0.1) is 0 Å². The van der Waals surface area contributed by atoms with Gasteiger partial charge in [0.1, 0.15) is 5.52 Å². The first-order valence-corrected chi connectivity index (χ1v) is 7.84. The lowest BCUT2D eigenvalue weighted by atomic mass is 10.1. The summed E-state index contributed by atoms with van der Waals surface area (Å²) in [6, 6.07) is 7.49. The lowest BCUT2D eigenvalue weighted by molar-refractivity contribution is 0.379. The first kappa shape index (κ1) is 13.8. The summed E-state index contributed by atoms with van der Waals surface area (Å²) < 4.78 is 7.73. The number of nitrogens with zero attached hydrogens (tertiary/aromatic N) is 4. The summed E-state index contributed by atoms with van der Waals surface area (Å²) in [7, 11) is 2.16. The van der Waals surface area contributed by atoms with Gasteiger partial charge in [0.05, 0.1) is 0 Å². The second-order valence-electron chi connectivity index (χ2n) is 5.91. The van der Waals surface area contributed by atoms with Gasteiger partial charge in [-0.2, -0.15) is 0 Å². The molecular weight excluding hydrogens is 300 g/mol. The van der Waals surface area contributed by atoms with Crippen molar-refractivity contribution in [3.05, 3.63) is 35.7 Å². The summed E-state index contributed by atoms with van der Waals surface area (Å²) in [6.07, 6.45) is 3.00. The molecule has 1 saturated heterocycles. The Morgan fingerprint density at radius 3 is 3.00 bits per heavy atom. The van der Waals surface area contributed by atoms with Crippen molar-refractivity contribution >= 4 is 22.8 Å². The van der Waals surface area contributed by atoms with E-state index in [4.69, 9.17) is 21.0 Å². The van der Waals surface area contributed by atoms with Crippen LogP contribution in [0.1, 0.15) is 6.42 Å². The molecule has 0 radical (unpaired) electrons. The zero-order valence-electron chi connectivity index (χ0n) is 12.4. The fourth-order valence-electron chi connectivity index (χ4n) is 3.19. The van der Waals surface area contributed by atoms with Crippen LogP contribution in [0.2, 0.25) is 5.22 Å².